The highest BCUT2D eigenvalue weighted by molar-refractivity contribution is 5.74. The second kappa shape index (κ2) is 10.5. The lowest BCUT2D eigenvalue weighted by atomic mass is 9.99. The summed E-state index contributed by atoms with van der Waals surface area (Å²) in [6.07, 6.45) is 3.24. The fourth-order valence-electron chi connectivity index (χ4n) is 3.89. The highest BCUT2D eigenvalue weighted by atomic mass is 19.1. The molecular formula is C29H22FN5O. The smallest absolute Gasteiger partial charge is 0.139 e. The molecule has 0 fully saturated rings. The van der Waals surface area contributed by atoms with E-state index in [0.717, 1.165) is 33.7 Å². The summed E-state index contributed by atoms with van der Waals surface area (Å²) in [7, 11) is 0. The van der Waals surface area contributed by atoms with E-state index in [1.807, 2.05) is 71.7 Å². The third-order valence-electron chi connectivity index (χ3n) is 5.77. The molecule has 176 valence electrons. The van der Waals surface area contributed by atoms with Gasteiger partial charge in [0.2, 0.25) is 0 Å². The monoisotopic (exact) mass is 475 g/mol. The Morgan fingerprint density at radius 3 is 2.25 bits per heavy atom. The van der Waals surface area contributed by atoms with Crippen molar-refractivity contribution in [3.05, 3.63) is 132 Å². The Morgan fingerprint density at radius 1 is 0.833 bits per heavy atom. The molecule has 0 unspecified atom stereocenters. The molecule has 0 radical (unpaired) electrons. The average Bonchev–Trinajstić information content (AvgIpc) is 3.47. The molecule has 0 saturated carbocycles. The Kier molecular flexibility index (Phi) is 6.68. The summed E-state index contributed by atoms with van der Waals surface area (Å²) in [5, 5.41) is 19.6. The molecule has 0 saturated heterocycles. The Labute approximate surface area is 208 Å². The fraction of sp³-hybridized carbons (Fsp3) is 0.0690. The van der Waals surface area contributed by atoms with Gasteiger partial charge in [-0.05, 0) is 59.2 Å². The van der Waals surface area contributed by atoms with Crippen LogP contribution in [0.1, 0.15) is 16.7 Å². The number of rotatable bonds is 8. The van der Waals surface area contributed by atoms with Crippen molar-refractivity contribution in [2.75, 3.05) is 5.01 Å². The van der Waals surface area contributed by atoms with Crippen LogP contribution in [0.3, 0.4) is 0 Å². The highest BCUT2D eigenvalue weighted by Gasteiger charge is 2.14. The van der Waals surface area contributed by atoms with Gasteiger partial charge in [-0.1, -0.05) is 54.6 Å². The molecule has 0 bridgehead atoms. The van der Waals surface area contributed by atoms with Crippen LogP contribution in [-0.2, 0) is 13.2 Å². The summed E-state index contributed by atoms with van der Waals surface area (Å²) >= 11 is 0. The molecule has 0 aliphatic heterocycles. The van der Waals surface area contributed by atoms with Crippen LogP contribution in [0.4, 0.5) is 10.1 Å². The summed E-state index contributed by atoms with van der Waals surface area (Å²) in [4.78, 5) is 0. The molecule has 7 heteroatoms. The van der Waals surface area contributed by atoms with E-state index in [4.69, 9.17) is 4.74 Å². The first-order chi connectivity index (χ1) is 17.7. The van der Waals surface area contributed by atoms with Crippen LogP contribution < -0.4 is 9.75 Å². The van der Waals surface area contributed by atoms with Crippen molar-refractivity contribution in [2.45, 2.75) is 13.2 Å². The molecule has 0 N–H and O–H groups in total. The van der Waals surface area contributed by atoms with Gasteiger partial charge in [-0.15, -0.1) is 10.2 Å². The summed E-state index contributed by atoms with van der Waals surface area (Å²) < 4.78 is 21.2. The van der Waals surface area contributed by atoms with Gasteiger partial charge in [0.25, 0.3) is 0 Å². The molecule has 5 rings (SSSR count). The molecule has 5 aromatic rings. The van der Waals surface area contributed by atoms with Crippen LogP contribution in [0.15, 0.2) is 110 Å². The Balaban J connectivity index is 1.40. The normalized spacial score (nSPS) is 10.6. The SMILES string of the molecule is N#Cc1ccc(N(Cc2ccc(OCc3ccccc3)cc2)n2cnnc2)cc1-c1ccc(F)cc1. The lowest BCUT2D eigenvalue weighted by Crippen LogP contribution is -2.27. The number of aromatic nitrogens is 3. The van der Waals surface area contributed by atoms with Gasteiger partial charge in [-0.25, -0.2) is 9.07 Å². The first kappa shape index (κ1) is 22.8. The Hall–Kier alpha value is -4.96. The zero-order chi connectivity index (χ0) is 24.7. The largest absolute Gasteiger partial charge is 0.489 e. The number of anilines is 1. The van der Waals surface area contributed by atoms with Gasteiger partial charge in [-0.2, -0.15) is 5.26 Å². The van der Waals surface area contributed by atoms with Crippen molar-refractivity contribution in [1.29, 1.82) is 5.26 Å². The second-order valence-corrected chi connectivity index (χ2v) is 8.17. The number of nitriles is 1. The van der Waals surface area contributed by atoms with Gasteiger partial charge in [0.05, 0.1) is 23.9 Å². The van der Waals surface area contributed by atoms with E-state index < -0.39 is 0 Å². The predicted octanol–water partition coefficient (Wildman–Crippen LogP) is 6.00. The van der Waals surface area contributed by atoms with Crippen molar-refractivity contribution >= 4 is 5.69 Å². The molecule has 1 heterocycles. The van der Waals surface area contributed by atoms with Crippen LogP contribution >= 0.6 is 0 Å². The van der Waals surface area contributed by atoms with Crippen LogP contribution in [0.2, 0.25) is 0 Å². The number of hydrogen-bond donors (Lipinski definition) is 0. The van der Waals surface area contributed by atoms with Gasteiger partial charge in [0, 0.05) is 5.56 Å². The molecule has 0 amide bonds. The topological polar surface area (TPSA) is 67.0 Å². The van der Waals surface area contributed by atoms with Gasteiger partial charge < -0.3 is 4.74 Å². The maximum Gasteiger partial charge on any atom is 0.139 e. The quantitative estimate of drug-likeness (QED) is 0.275. The van der Waals surface area contributed by atoms with Crippen molar-refractivity contribution in [1.82, 2.24) is 14.9 Å². The third-order valence-corrected chi connectivity index (χ3v) is 5.77. The van der Waals surface area contributed by atoms with E-state index in [2.05, 4.69) is 16.3 Å². The number of hydrogen-bond acceptors (Lipinski definition) is 5. The van der Waals surface area contributed by atoms with Crippen molar-refractivity contribution < 1.29 is 9.13 Å². The van der Waals surface area contributed by atoms with Crippen molar-refractivity contribution in [2.24, 2.45) is 0 Å². The predicted molar refractivity (Wildman–Crippen MR) is 135 cm³/mol. The highest BCUT2D eigenvalue weighted by Crippen LogP contribution is 2.30. The number of ether oxygens (including phenoxy) is 1. The zero-order valence-electron chi connectivity index (χ0n) is 19.3. The molecule has 0 aliphatic rings. The molecule has 0 atom stereocenters. The van der Waals surface area contributed by atoms with E-state index in [-0.39, 0.29) is 5.82 Å². The van der Waals surface area contributed by atoms with E-state index in [1.165, 1.54) is 12.1 Å². The first-order valence-corrected chi connectivity index (χ1v) is 11.4. The van der Waals surface area contributed by atoms with E-state index in [9.17, 15) is 9.65 Å². The minimum atomic E-state index is -0.323. The van der Waals surface area contributed by atoms with Crippen LogP contribution in [-0.4, -0.2) is 14.9 Å². The van der Waals surface area contributed by atoms with Crippen LogP contribution in [0.25, 0.3) is 11.1 Å². The fourth-order valence-corrected chi connectivity index (χ4v) is 3.89. The third kappa shape index (κ3) is 5.24. The molecule has 4 aromatic carbocycles. The maximum atomic E-state index is 13.5. The van der Waals surface area contributed by atoms with Crippen LogP contribution in [0, 0.1) is 17.1 Å². The van der Waals surface area contributed by atoms with E-state index in [0.29, 0.717) is 18.7 Å². The van der Waals surface area contributed by atoms with Crippen molar-refractivity contribution in [3.8, 4) is 22.9 Å². The number of halogens is 1. The van der Waals surface area contributed by atoms with Gasteiger partial charge in [-0.3, -0.25) is 5.01 Å². The second-order valence-electron chi connectivity index (χ2n) is 8.17. The first-order valence-electron chi connectivity index (χ1n) is 11.4. The molecule has 6 nitrogen and oxygen atoms in total. The number of nitrogens with zero attached hydrogens (tertiary/aromatic N) is 5. The molecule has 0 aliphatic carbocycles. The maximum absolute atomic E-state index is 13.5. The zero-order valence-corrected chi connectivity index (χ0v) is 19.3. The summed E-state index contributed by atoms with van der Waals surface area (Å²) in [5.74, 6) is 0.464. The summed E-state index contributed by atoms with van der Waals surface area (Å²) in [6.45, 7) is 1.02. The summed E-state index contributed by atoms with van der Waals surface area (Å²) in [5.41, 5.74) is 4.98. The van der Waals surface area contributed by atoms with Crippen LogP contribution in [0.5, 0.6) is 5.75 Å². The lowest BCUT2D eigenvalue weighted by molar-refractivity contribution is 0.306. The Bertz CT molecular complexity index is 1460. The van der Waals surface area contributed by atoms with Crippen molar-refractivity contribution in [3.63, 3.8) is 0 Å². The van der Waals surface area contributed by atoms with Gasteiger partial charge in [0.15, 0.2) is 0 Å². The van der Waals surface area contributed by atoms with Gasteiger partial charge in [0.1, 0.15) is 30.8 Å². The minimum absolute atomic E-state index is 0.323. The van der Waals surface area contributed by atoms with E-state index in [1.54, 1.807) is 35.5 Å². The summed E-state index contributed by atoms with van der Waals surface area (Å²) in [6, 6.07) is 31.9. The molecule has 0 spiro atoms. The Morgan fingerprint density at radius 2 is 1.56 bits per heavy atom. The molecular weight excluding hydrogens is 453 g/mol. The molecule has 1 aromatic heterocycles. The lowest BCUT2D eigenvalue weighted by Gasteiger charge is -2.26. The minimum Gasteiger partial charge on any atom is -0.489 e. The van der Waals surface area contributed by atoms with Gasteiger partial charge >= 0.3 is 0 Å². The molecule has 36 heavy (non-hydrogen) atoms. The standard InChI is InChI=1S/C29H22FN5O/c30-26-11-8-24(9-12-26)29-16-27(13-10-25(29)17-31)35(34-20-32-33-21-34)18-22-6-14-28(15-7-22)36-19-23-4-2-1-3-5-23/h1-16,20-21H,18-19H2. The average molecular weight is 476 g/mol. The van der Waals surface area contributed by atoms with E-state index >= 15 is 0 Å². The number of benzene rings is 4.